The Morgan fingerprint density at radius 3 is 2.67 bits per heavy atom. The zero-order valence-electron chi connectivity index (χ0n) is 15.9. The van der Waals surface area contributed by atoms with E-state index in [1.54, 1.807) is 18.7 Å². The molecule has 2 heterocycles. The maximum Gasteiger partial charge on any atom is 0.328 e. The molecule has 0 fully saturated rings. The first kappa shape index (κ1) is 18.6. The van der Waals surface area contributed by atoms with Crippen molar-refractivity contribution in [1.82, 2.24) is 24.3 Å². The van der Waals surface area contributed by atoms with Crippen LogP contribution in [0, 0.1) is 12.8 Å². The minimum Gasteiger partial charge on any atom is -0.494 e. The summed E-state index contributed by atoms with van der Waals surface area (Å²) in [5.41, 5.74) is 0.334. The van der Waals surface area contributed by atoms with E-state index in [2.05, 4.69) is 28.9 Å². The van der Waals surface area contributed by atoms with Gasteiger partial charge in [0.1, 0.15) is 11.4 Å². The maximum absolute atomic E-state index is 12.2. The lowest BCUT2D eigenvalue weighted by atomic mass is 10.1. The second kappa shape index (κ2) is 7.61. The number of rotatable bonds is 6. The highest BCUT2D eigenvalue weighted by atomic mass is 16.5. The molecule has 0 amide bonds. The van der Waals surface area contributed by atoms with E-state index < -0.39 is 5.69 Å². The van der Waals surface area contributed by atoms with E-state index >= 15 is 0 Å². The first-order valence-electron chi connectivity index (χ1n) is 8.77. The van der Waals surface area contributed by atoms with Gasteiger partial charge in [-0.25, -0.2) is 14.5 Å². The predicted molar refractivity (Wildman–Crippen MR) is 102 cm³/mol. The van der Waals surface area contributed by atoms with Gasteiger partial charge in [0.2, 0.25) is 0 Å². The van der Waals surface area contributed by atoms with E-state index in [-0.39, 0.29) is 12.1 Å². The summed E-state index contributed by atoms with van der Waals surface area (Å²) in [6.07, 6.45) is 2.25. The zero-order chi connectivity index (χ0) is 19.6. The molecule has 0 saturated carbocycles. The maximum atomic E-state index is 12.2. The number of hydrogen-bond donors (Lipinski definition) is 1. The van der Waals surface area contributed by atoms with Gasteiger partial charge in [0, 0.05) is 18.2 Å². The Morgan fingerprint density at radius 2 is 1.96 bits per heavy atom. The lowest BCUT2D eigenvalue weighted by Gasteiger charge is -2.11. The van der Waals surface area contributed by atoms with Gasteiger partial charge in [-0.05, 0) is 25.0 Å². The summed E-state index contributed by atoms with van der Waals surface area (Å²) in [4.78, 5) is 30.8. The van der Waals surface area contributed by atoms with Crippen LogP contribution in [0.1, 0.15) is 31.1 Å². The normalized spacial score (nSPS) is 11.1. The van der Waals surface area contributed by atoms with Crippen molar-refractivity contribution in [3.63, 3.8) is 0 Å². The molecule has 142 valence electrons. The minimum atomic E-state index is -0.481. The van der Waals surface area contributed by atoms with Crippen LogP contribution in [0.2, 0.25) is 0 Å². The summed E-state index contributed by atoms with van der Waals surface area (Å²) in [6.45, 7) is 6.03. The largest absolute Gasteiger partial charge is 0.494 e. The van der Waals surface area contributed by atoms with Gasteiger partial charge < -0.3 is 4.74 Å². The molecule has 27 heavy (non-hydrogen) atoms. The van der Waals surface area contributed by atoms with Gasteiger partial charge in [-0.1, -0.05) is 26.0 Å². The van der Waals surface area contributed by atoms with Gasteiger partial charge in [-0.3, -0.25) is 14.3 Å². The first-order chi connectivity index (χ1) is 12.9. The number of aryl methyl sites for hydroxylation is 1. The van der Waals surface area contributed by atoms with E-state index in [0.717, 1.165) is 5.69 Å². The standard InChI is InChI=1S/C19H23N5O3/c1-12(2)9-16-20-17(11-23-10-13(3)18(25)21-19(23)26)24(22-16)14-7-5-6-8-15(14)27-4/h5-8,10,12H,9,11H2,1-4H3,(H,21,25,26). The van der Waals surface area contributed by atoms with Crippen LogP contribution in [-0.4, -0.2) is 31.4 Å². The number of H-pyrrole nitrogens is 1. The average Bonchev–Trinajstić information content (AvgIpc) is 3.01. The SMILES string of the molecule is COc1ccccc1-n1nc(CC(C)C)nc1Cn1cc(C)c(=O)[nH]c1=O. The molecular formula is C19H23N5O3. The summed E-state index contributed by atoms with van der Waals surface area (Å²) < 4.78 is 8.57. The van der Waals surface area contributed by atoms with Crippen molar-refractivity contribution in [3.05, 3.63) is 68.5 Å². The Balaban J connectivity index is 2.11. The number of benzene rings is 1. The van der Waals surface area contributed by atoms with Gasteiger partial charge >= 0.3 is 5.69 Å². The molecule has 0 bridgehead atoms. The van der Waals surface area contributed by atoms with Crippen molar-refractivity contribution in [2.45, 2.75) is 33.7 Å². The van der Waals surface area contributed by atoms with Crippen LogP contribution in [0.25, 0.3) is 5.69 Å². The van der Waals surface area contributed by atoms with Gasteiger partial charge in [-0.15, -0.1) is 0 Å². The van der Waals surface area contributed by atoms with Crippen LogP contribution in [0.4, 0.5) is 0 Å². The molecule has 3 rings (SSSR count). The molecule has 8 heteroatoms. The van der Waals surface area contributed by atoms with Crippen LogP contribution in [0.3, 0.4) is 0 Å². The molecule has 3 aromatic rings. The number of ether oxygens (including phenoxy) is 1. The molecule has 8 nitrogen and oxygen atoms in total. The fraction of sp³-hybridized carbons (Fsp3) is 0.368. The number of aromatic nitrogens is 5. The van der Waals surface area contributed by atoms with E-state index in [9.17, 15) is 9.59 Å². The first-order valence-corrected chi connectivity index (χ1v) is 8.77. The molecule has 0 radical (unpaired) electrons. The van der Waals surface area contributed by atoms with Crippen LogP contribution >= 0.6 is 0 Å². The van der Waals surface area contributed by atoms with Gasteiger partial charge in [0.05, 0.1) is 13.7 Å². The van der Waals surface area contributed by atoms with Crippen LogP contribution < -0.4 is 16.0 Å². The third-order valence-corrected chi connectivity index (χ3v) is 4.12. The minimum absolute atomic E-state index is 0.180. The number of nitrogens with one attached hydrogen (secondary N) is 1. The fourth-order valence-electron chi connectivity index (χ4n) is 2.83. The second-order valence-corrected chi connectivity index (χ2v) is 6.83. The highest BCUT2D eigenvalue weighted by molar-refractivity contribution is 5.46. The lowest BCUT2D eigenvalue weighted by Crippen LogP contribution is -2.31. The summed E-state index contributed by atoms with van der Waals surface area (Å²) in [6, 6.07) is 7.50. The van der Waals surface area contributed by atoms with Crippen molar-refractivity contribution < 1.29 is 4.74 Å². The monoisotopic (exact) mass is 369 g/mol. The number of hydrogen-bond acceptors (Lipinski definition) is 5. The van der Waals surface area contributed by atoms with Gasteiger partial charge in [-0.2, -0.15) is 5.10 Å². The second-order valence-electron chi connectivity index (χ2n) is 6.83. The van der Waals surface area contributed by atoms with Crippen LogP contribution in [0.5, 0.6) is 5.75 Å². The zero-order valence-corrected chi connectivity index (χ0v) is 15.9. The van der Waals surface area contributed by atoms with Gasteiger partial charge in [0.15, 0.2) is 11.6 Å². The average molecular weight is 369 g/mol. The number of aromatic amines is 1. The summed E-state index contributed by atoms with van der Waals surface area (Å²) in [5, 5.41) is 4.63. The topological polar surface area (TPSA) is 94.8 Å². The van der Waals surface area contributed by atoms with E-state index in [4.69, 9.17) is 4.74 Å². The van der Waals surface area contributed by atoms with Crippen molar-refractivity contribution in [2.24, 2.45) is 5.92 Å². The molecule has 0 atom stereocenters. The molecule has 1 aromatic carbocycles. The summed E-state index contributed by atoms with van der Waals surface area (Å²) >= 11 is 0. The molecule has 0 aliphatic rings. The molecular weight excluding hydrogens is 346 g/mol. The Morgan fingerprint density at radius 1 is 1.22 bits per heavy atom. The number of nitrogens with zero attached hydrogens (tertiary/aromatic N) is 4. The van der Waals surface area contributed by atoms with Crippen molar-refractivity contribution >= 4 is 0 Å². The predicted octanol–water partition coefficient (Wildman–Crippen LogP) is 1.68. The third kappa shape index (κ3) is 3.99. The molecule has 1 N–H and O–H groups in total. The molecule has 0 saturated heterocycles. The van der Waals surface area contributed by atoms with Crippen LogP contribution in [0.15, 0.2) is 40.1 Å². The quantitative estimate of drug-likeness (QED) is 0.713. The highest BCUT2D eigenvalue weighted by Gasteiger charge is 2.17. The van der Waals surface area contributed by atoms with E-state index in [1.165, 1.54) is 10.8 Å². The number of para-hydroxylation sites is 2. The van der Waals surface area contributed by atoms with E-state index in [1.807, 2.05) is 24.3 Å². The van der Waals surface area contributed by atoms with Crippen molar-refractivity contribution in [1.29, 1.82) is 0 Å². The Labute approximate surface area is 156 Å². The van der Waals surface area contributed by atoms with Crippen molar-refractivity contribution in [2.75, 3.05) is 7.11 Å². The molecule has 0 unspecified atom stereocenters. The molecule has 0 aliphatic heterocycles. The fourth-order valence-corrected chi connectivity index (χ4v) is 2.83. The smallest absolute Gasteiger partial charge is 0.328 e. The highest BCUT2D eigenvalue weighted by Crippen LogP contribution is 2.23. The summed E-state index contributed by atoms with van der Waals surface area (Å²) in [7, 11) is 1.60. The summed E-state index contributed by atoms with van der Waals surface area (Å²) in [5.74, 6) is 2.33. The Kier molecular flexibility index (Phi) is 5.25. The lowest BCUT2D eigenvalue weighted by molar-refractivity contribution is 0.411. The van der Waals surface area contributed by atoms with Crippen molar-refractivity contribution in [3.8, 4) is 11.4 Å². The Hall–Kier alpha value is -3.16. The third-order valence-electron chi connectivity index (χ3n) is 4.12. The van der Waals surface area contributed by atoms with Gasteiger partial charge in [0.25, 0.3) is 5.56 Å². The Bertz CT molecular complexity index is 1060. The van der Waals surface area contributed by atoms with Crippen LogP contribution in [-0.2, 0) is 13.0 Å². The van der Waals surface area contributed by atoms with E-state index in [0.29, 0.717) is 35.3 Å². The number of methoxy groups -OCH3 is 1. The molecule has 0 aliphatic carbocycles. The molecule has 0 spiro atoms. The molecule has 2 aromatic heterocycles.